The molecule has 0 spiro atoms. The van der Waals surface area contributed by atoms with Gasteiger partial charge in [-0.1, -0.05) is 53.4 Å². The van der Waals surface area contributed by atoms with Crippen LogP contribution in [0.2, 0.25) is 0 Å². The van der Waals surface area contributed by atoms with Gasteiger partial charge in [0.05, 0.1) is 6.04 Å². The summed E-state index contributed by atoms with van der Waals surface area (Å²) >= 11 is 0. The second-order valence-corrected chi connectivity index (χ2v) is 7.25. The molecule has 0 radical (unpaired) electrons. The molecule has 1 amide bonds. The molecule has 3 heteroatoms. The van der Waals surface area contributed by atoms with Gasteiger partial charge in [-0.15, -0.1) is 0 Å². The summed E-state index contributed by atoms with van der Waals surface area (Å²) in [6, 6.07) is -0.356. The fraction of sp³-hybridized carbons (Fsp3) is 0.882. The molecule has 1 aliphatic rings. The van der Waals surface area contributed by atoms with E-state index in [1.54, 1.807) is 0 Å². The lowest BCUT2D eigenvalue weighted by atomic mass is 9.83. The third kappa shape index (κ3) is 5.64. The quantitative estimate of drug-likeness (QED) is 0.778. The lowest BCUT2D eigenvalue weighted by Gasteiger charge is -2.30. The molecule has 3 nitrogen and oxygen atoms in total. The van der Waals surface area contributed by atoms with Crippen molar-refractivity contribution >= 4 is 11.7 Å². The largest absolute Gasteiger partial charge is 0.346 e. The maximum atomic E-state index is 12.2. The van der Waals surface area contributed by atoms with E-state index >= 15 is 0 Å². The first-order valence-electron chi connectivity index (χ1n) is 8.16. The van der Waals surface area contributed by atoms with Crippen LogP contribution in [0.4, 0.5) is 0 Å². The van der Waals surface area contributed by atoms with Crippen LogP contribution in [-0.4, -0.2) is 17.7 Å². The van der Waals surface area contributed by atoms with Gasteiger partial charge in [-0.25, -0.2) is 0 Å². The van der Waals surface area contributed by atoms with E-state index < -0.39 is 0 Å². The number of hydrogen-bond acceptors (Lipinski definition) is 2. The maximum absolute atomic E-state index is 12.2. The van der Waals surface area contributed by atoms with Crippen LogP contribution in [0, 0.1) is 11.3 Å². The van der Waals surface area contributed by atoms with Gasteiger partial charge in [0.2, 0.25) is 5.91 Å². The number of carbonyl (C=O) groups excluding carboxylic acids is 2. The van der Waals surface area contributed by atoms with Gasteiger partial charge in [-0.05, 0) is 24.2 Å². The molecule has 0 aromatic rings. The monoisotopic (exact) mass is 281 g/mol. The number of hydrogen-bond donors (Lipinski definition) is 1. The van der Waals surface area contributed by atoms with Crippen LogP contribution in [0.15, 0.2) is 0 Å². The first-order valence-corrected chi connectivity index (χ1v) is 8.16. The standard InChI is InChI=1S/C17H31NO2/c1-5-14(19)16(17(2,3)4)18-15(20)12-13-10-8-6-7-9-11-13/h13,16H,5-12H2,1-4H3,(H,18,20). The highest BCUT2D eigenvalue weighted by Crippen LogP contribution is 2.26. The van der Waals surface area contributed by atoms with Crippen LogP contribution in [0.5, 0.6) is 0 Å². The first-order chi connectivity index (χ1) is 9.34. The SMILES string of the molecule is CCC(=O)C(NC(=O)CC1CCCCCC1)C(C)(C)C. The summed E-state index contributed by atoms with van der Waals surface area (Å²) in [4.78, 5) is 24.3. The molecule has 1 fully saturated rings. The van der Waals surface area contributed by atoms with Crippen molar-refractivity contribution in [1.29, 1.82) is 0 Å². The highest BCUT2D eigenvalue weighted by molar-refractivity contribution is 5.89. The Hall–Kier alpha value is -0.860. The fourth-order valence-electron chi connectivity index (χ4n) is 3.03. The Labute approximate surface area is 123 Å². The van der Waals surface area contributed by atoms with E-state index in [0.717, 1.165) is 12.8 Å². The van der Waals surface area contributed by atoms with E-state index in [9.17, 15) is 9.59 Å². The van der Waals surface area contributed by atoms with E-state index in [0.29, 0.717) is 18.8 Å². The number of Topliss-reactive ketones (excluding diaryl/α,β-unsaturated/α-hetero) is 1. The number of ketones is 1. The molecule has 0 aliphatic heterocycles. The minimum atomic E-state index is -0.356. The summed E-state index contributed by atoms with van der Waals surface area (Å²) in [5, 5.41) is 2.99. The third-order valence-electron chi connectivity index (χ3n) is 4.29. The Morgan fingerprint density at radius 3 is 2.10 bits per heavy atom. The van der Waals surface area contributed by atoms with Crippen LogP contribution in [0.1, 0.15) is 79.1 Å². The molecule has 0 saturated heterocycles. The van der Waals surface area contributed by atoms with Gasteiger partial charge >= 0.3 is 0 Å². The average Bonchev–Trinajstić information content (AvgIpc) is 2.62. The van der Waals surface area contributed by atoms with Crippen LogP contribution < -0.4 is 5.32 Å². The molecule has 1 atom stereocenters. The van der Waals surface area contributed by atoms with Crippen molar-refractivity contribution in [2.75, 3.05) is 0 Å². The van der Waals surface area contributed by atoms with Crippen molar-refractivity contribution in [1.82, 2.24) is 5.32 Å². The van der Waals surface area contributed by atoms with Crippen molar-refractivity contribution in [3.63, 3.8) is 0 Å². The summed E-state index contributed by atoms with van der Waals surface area (Å²) in [6.07, 6.45) is 8.48. The molecule has 116 valence electrons. The Balaban J connectivity index is 2.55. The summed E-state index contributed by atoms with van der Waals surface area (Å²) in [5.41, 5.74) is -0.216. The third-order valence-corrected chi connectivity index (χ3v) is 4.29. The predicted molar refractivity (Wildman–Crippen MR) is 82.5 cm³/mol. The van der Waals surface area contributed by atoms with Crippen molar-refractivity contribution in [2.45, 2.75) is 85.1 Å². The fourth-order valence-corrected chi connectivity index (χ4v) is 3.03. The van der Waals surface area contributed by atoms with Crippen molar-refractivity contribution in [3.05, 3.63) is 0 Å². The molecule has 20 heavy (non-hydrogen) atoms. The van der Waals surface area contributed by atoms with E-state index in [2.05, 4.69) is 5.32 Å². The van der Waals surface area contributed by atoms with Gasteiger partial charge in [-0.2, -0.15) is 0 Å². The Morgan fingerprint density at radius 1 is 1.10 bits per heavy atom. The van der Waals surface area contributed by atoms with Crippen LogP contribution in [-0.2, 0) is 9.59 Å². The smallest absolute Gasteiger partial charge is 0.220 e. The zero-order valence-electron chi connectivity index (χ0n) is 13.6. The van der Waals surface area contributed by atoms with Gasteiger partial charge in [0.1, 0.15) is 0 Å². The molecular weight excluding hydrogens is 250 g/mol. The molecule has 0 aromatic carbocycles. The number of amides is 1. The zero-order valence-corrected chi connectivity index (χ0v) is 13.6. The maximum Gasteiger partial charge on any atom is 0.220 e. The zero-order chi connectivity index (χ0) is 15.2. The summed E-state index contributed by atoms with van der Waals surface area (Å²) < 4.78 is 0. The Kier molecular flexibility index (Phi) is 6.70. The minimum absolute atomic E-state index is 0.0543. The van der Waals surface area contributed by atoms with E-state index in [4.69, 9.17) is 0 Å². The Morgan fingerprint density at radius 2 is 1.65 bits per heavy atom. The van der Waals surface area contributed by atoms with Crippen molar-refractivity contribution in [3.8, 4) is 0 Å². The molecule has 1 N–H and O–H groups in total. The second-order valence-electron chi connectivity index (χ2n) is 7.25. The van der Waals surface area contributed by atoms with Gasteiger partial charge < -0.3 is 5.32 Å². The first kappa shape index (κ1) is 17.2. The topological polar surface area (TPSA) is 46.2 Å². The highest BCUT2D eigenvalue weighted by atomic mass is 16.2. The molecular formula is C17H31NO2. The normalized spacial score (nSPS) is 19.2. The van der Waals surface area contributed by atoms with Crippen molar-refractivity contribution in [2.24, 2.45) is 11.3 Å². The van der Waals surface area contributed by atoms with E-state index in [-0.39, 0.29) is 23.1 Å². The van der Waals surface area contributed by atoms with E-state index in [1.807, 2.05) is 27.7 Å². The van der Waals surface area contributed by atoms with Gasteiger partial charge in [0.15, 0.2) is 5.78 Å². The second kappa shape index (κ2) is 7.80. The number of carbonyl (C=O) groups is 2. The summed E-state index contributed by atoms with van der Waals surface area (Å²) in [7, 11) is 0. The molecule has 0 aromatic heterocycles. The van der Waals surface area contributed by atoms with Crippen LogP contribution >= 0.6 is 0 Å². The van der Waals surface area contributed by atoms with Gasteiger partial charge in [0.25, 0.3) is 0 Å². The highest BCUT2D eigenvalue weighted by Gasteiger charge is 2.31. The lowest BCUT2D eigenvalue weighted by molar-refractivity contribution is -0.130. The van der Waals surface area contributed by atoms with Crippen LogP contribution in [0.3, 0.4) is 0 Å². The molecule has 1 aliphatic carbocycles. The summed E-state index contributed by atoms with van der Waals surface area (Å²) in [5.74, 6) is 0.695. The van der Waals surface area contributed by atoms with E-state index in [1.165, 1.54) is 25.7 Å². The molecule has 0 heterocycles. The molecule has 1 unspecified atom stereocenters. The number of nitrogens with one attached hydrogen (secondary N) is 1. The summed E-state index contributed by atoms with van der Waals surface area (Å²) in [6.45, 7) is 7.89. The molecule has 0 bridgehead atoms. The predicted octanol–water partition coefficient (Wildman–Crippen LogP) is 3.86. The Bertz CT molecular complexity index is 322. The number of rotatable bonds is 5. The van der Waals surface area contributed by atoms with Gasteiger partial charge in [-0.3, -0.25) is 9.59 Å². The lowest BCUT2D eigenvalue weighted by Crippen LogP contribution is -2.49. The van der Waals surface area contributed by atoms with Crippen LogP contribution in [0.25, 0.3) is 0 Å². The van der Waals surface area contributed by atoms with Gasteiger partial charge in [0, 0.05) is 12.8 Å². The molecule has 1 saturated carbocycles. The molecule has 1 rings (SSSR count). The van der Waals surface area contributed by atoms with Crippen molar-refractivity contribution < 1.29 is 9.59 Å². The average molecular weight is 281 g/mol. The minimum Gasteiger partial charge on any atom is -0.346 e.